The first-order chi connectivity index (χ1) is 8.54. The van der Waals surface area contributed by atoms with Crippen LogP contribution in [0.25, 0.3) is 0 Å². The molecule has 0 atom stereocenters. The Morgan fingerprint density at radius 2 is 2.00 bits per heavy atom. The number of aryl methyl sites for hydroxylation is 3. The molecule has 0 fully saturated rings. The van der Waals surface area contributed by atoms with Crippen molar-refractivity contribution in [2.24, 2.45) is 7.05 Å². The van der Waals surface area contributed by atoms with Gasteiger partial charge in [0.05, 0.1) is 5.69 Å². The monoisotopic (exact) mass is 240 g/mol. The quantitative estimate of drug-likeness (QED) is 0.878. The molecule has 1 N–H and O–H groups in total. The second-order valence-electron chi connectivity index (χ2n) is 4.42. The van der Waals surface area contributed by atoms with Gasteiger partial charge < -0.3 is 5.32 Å². The molecule has 0 saturated heterocycles. The van der Waals surface area contributed by atoms with Crippen LogP contribution in [0.5, 0.6) is 0 Å². The van der Waals surface area contributed by atoms with Gasteiger partial charge in [-0.3, -0.25) is 4.68 Å². The summed E-state index contributed by atoms with van der Waals surface area (Å²) in [5.41, 5.74) is 4.75. The zero-order chi connectivity index (χ0) is 13.3. The lowest BCUT2D eigenvalue weighted by atomic mass is 10.1. The normalized spacial score (nSPS) is 10.2. The lowest BCUT2D eigenvalue weighted by molar-refractivity contribution is 0.765. The molecular formula is C14H16N4. The molecule has 0 spiro atoms. The lowest BCUT2D eigenvalue weighted by Crippen LogP contribution is -2.02. The number of aromatic nitrogens is 2. The van der Waals surface area contributed by atoms with Crippen molar-refractivity contribution in [3.63, 3.8) is 0 Å². The second kappa shape index (κ2) is 4.53. The van der Waals surface area contributed by atoms with Gasteiger partial charge in [0.15, 0.2) is 0 Å². The first-order valence-electron chi connectivity index (χ1n) is 5.81. The number of nitriles is 1. The Hall–Kier alpha value is -2.28. The molecule has 1 heterocycles. The predicted molar refractivity (Wildman–Crippen MR) is 71.9 cm³/mol. The molecule has 0 saturated carbocycles. The number of nitrogens with zero attached hydrogens (tertiary/aromatic N) is 3. The summed E-state index contributed by atoms with van der Waals surface area (Å²) in [6.45, 7) is 5.97. The third-order valence-electron chi connectivity index (χ3n) is 3.19. The molecule has 1 aromatic carbocycles. The highest BCUT2D eigenvalue weighted by atomic mass is 15.3. The van der Waals surface area contributed by atoms with Crippen molar-refractivity contribution in [3.8, 4) is 6.07 Å². The highest BCUT2D eigenvalue weighted by Gasteiger charge is 2.13. The smallest absolute Gasteiger partial charge is 0.146 e. The molecule has 0 amide bonds. The average Bonchev–Trinajstić information content (AvgIpc) is 2.59. The van der Waals surface area contributed by atoms with Crippen LogP contribution in [0.2, 0.25) is 0 Å². The fraction of sp³-hybridized carbons (Fsp3) is 0.286. The van der Waals surface area contributed by atoms with E-state index in [1.54, 1.807) is 4.68 Å². The molecular weight excluding hydrogens is 224 g/mol. The molecule has 4 nitrogen and oxygen atoms in total. The van der Waals surface area contributed by atoms with Crippen LogP contribution >= 0.6 is 0 Å². The Kier molecular flexibility index (Phi) is 3.07. The van der Waals surface area contributed by atoms with Crippen molar-refractivity contribution in [1.29, 1.82) is 5.26 Å². The largest absolute Gasteiger partial charge is 0.339 e. The van der Waals surface area contributed by atoms with Crippen LogP contribution in [-0.2, 0) is 7.05 Å². The van der Waals surface area contributed by atoms with Crippen LogP contribution < -0.4 is 5.32 Å². The zero-order valence-electron chi connectivity index (χ0n) is 11.1. The number of benzene rings is 1. The van der Waals surface area contributed by atoms with Crippen molar-refractivity contribution in [2.45, 2.75) is 20.8 Å². The fourth-order valence-corrected chi connectivity index (χ4v) is 1.95. The van der Waals surface area contributed by atoms with Gasteiger partial charge in [0, 0.05) is 12.7 Å². The topological polar surface area (TPSA) is 53.6 Å². The van der Waals surface area contributed by atoms with Gasteiger partial charge in [0.1, 0.15) is 17.5 Å². The van der Waals surface area contributed by atoms with E-state index in [1.807, 2.05) is 26.1 Å². The van der Waals surface area contributed by atoms with Gasteiger partial charge in [-0.25, -0.2) is 0 Å². The molecule has 0 unspecified atom stereocenters. The second-order valence-corrected chi connectivity index (χ2v) is 4.42. The van der Waals surface area contributed by atoms with E-state index in [1.165, 1.54) is 11.1 Å². The summed E-state index contributed by atoms with van der Waals surface area (Å²) in [5, 5.41) is 16.7. The summed E-state index contributed by atoms with van der Waals surface area (Å²) in [6, 6.07) is 8.27. The summed E-state index contributed by atoms with van der Waals surface area (Å²) in [6.07, 6.45) is 0. The van der Waals surface area contributed by atoms with Gasteiger partial charge in [0.25, 0.3) is 0 Å². The van der Waals surface area contributed by atoms with E-state index in [0.717, 1.165) is 17.2 Å². The van der Waals surface area contributed by atoms with E-state index in [0.29, 0.717) is 5.56 Å². The number of hydrogen-bond donors (Lipinski definition) is 1. The minimum absolute atomic E-state index is 0.596. The SMILES string of the molecule is Cc1cccc(Nc2c(C#N)c(C)nn2C)c1C. The van der Waals surface area contributed by atoms with Crippen molar-refractivity contribution >= 4 is 11.5 Å². The van der Waals surface area contributed by atoms with Crippen LogP contribution in [-0.4, -0.2) is 9.78 Å². The summed E-state index contributed by atoms with van der Waals surface area (Å²) in [7, 11) is 1.83. The van der Waals surface area contributed by atoms with Gasteiger partial charge in [-0.1, -0.05) is 12.1 Å². The molecule has 4 heteroatoms. The van der Waals surface area contributed by atoms with Crippen LogP contribution in [0.1, 0.15) is 22.4 Å². The molecule has 0 aliphatic carbocycles. The maximum atomic E-state index is 9.17. The summed E-state index contributed by atoms with van der Waals surface area (Å²) < 4.78 is 1.70. The third kappa shape index (κ3) is 1.95. The average molecular weight is 240 g/mol. The van der Waals surface area contributed by atoms with Crippen LogP contribution in [0.4, 0.5) is 11.5 Å². The molecule has 0 bridgehead atoms. The Morgan fingerprint density at radius 1 is 1.28 bits per heavy atom. The van der Waals surface area contributed by atoms with Crippen molar-refractivity contribution in [2.75, 3.05) is 5.32 Å². The van der Waals surface area contributed by atoms with Gasteiger partial charge in [0.2, 0.25) is 0 Å². The standard InChI is InChI=1S/C14H16N4/c1-9-6-5-7-13(10(9)2)16-14-12(8-15)11(3)17-18(14)4/h5-7,16H,1-4H3. The lowest BCUT2D eigenvalue weighted by Gasteiger charge is -2.11. The van der Waals surface area contributed by atoms with Crippen molar-refractivity contribution in [1.82, 2.24) is 9.78 Å². The van der Waals surface area contributed by atoms with Gasteiger partial charge in [-0.05, 0) is 38.0 Å². The Bertz CT molecular complexity index is 632. The molecule has 2 rings (SSSR count). The van der Waals surface area contributed by atoms with E-state index in [2.05, 4.69) is 36.4 Å². The molecule has 0 aliphatic rings. The van der Waals surface area contributed by atoms with E-state index < -0.39 is 0 Å². The van der Waals surface area contributed by atoms with Gasteiger partial charge >= 0.3 is 0 Å². The molecule has 2 aromatic rings. The minimum atomic E-state index is 0.596. The van der Waals surface area contributed by atoms with Crippen LogP contribution in [0, 0.1) is 32.1 Å². The molecule has 0 radical (unpaired) electrons. The summed E-state index contributed by atoms with van der Waals surface area (Å²) in [5.74, 6) is 0.740. The van der Waals surface area contributed by atoms with Crippen LogP contribution in [0.15, 0.2) is 18.2 Å². The van der Waals surface area contributed by atoms with Crippen molar-refractivity contribution in [3.05, 3.63) is 40.6 Å². The molecule has 1 aromatic heterocycles. The summed E-state index contributed by atoms with van der Waals surface area (Å²) in [4.78, 5) is 0. The van der Waals surface area contributed by atoms with E-state index in [-0.39, 0.29) is 0 Å². The third-order valence-corrected chi connectivity index (χ3v) is 3.19. The van der Waals surface area contributed by atoms with Crippen molar-refractivity contribution < 1.29 is 0 Å². The Balaban J connectivity index is 2.47. The molecule has 18 heavy (non-hydrogen) atoms. The Labute approximate surface area is 107 Å². The minimum Gasteiger partial charge on any atom is -0.339 e. The zero-order valence-corrected chi connectivity index (χ0v) is 11.1. The van der Waals surface area contributed by atoms with Gasteiger partial charge in [-0.2, -0.15) is 10.4 Å². The van der Waals surface area contributed by atoms with E-state index in [4.69, 9.17) is 0 Å². The molecule has 92 valence electrons. The number of rotatable bonds is 2. The molecule has 0 aliphatic heterocycles. The first-order valence-corrected chi connectivity index (χ1v) is 5.81. The fourth-order valence-electron chi connectivity index (χ4n) is 1.95. The first kappa shape index (κ1) is 12.2. The number of hydrogen-bond acceptors (Lipinski definition) is 3. The Morgan fingerprint density at radius 3 is 2.67 bits per heavy atom. The van der Waals surface area contributed by atoms with Gasteiger partial charge in [-0.15, -0.1) is 0 Å². The maximum Gasteiger partial charge on any atom is 0.146 e. The van der Waals surface area contributed by atoms with E-state index >= 15 is 0 Å². The predicted octanol–water partition coefficient (Wildman–Crippen LogP) is 2.96. The van der Waals surface area contributed by atoms with Crippen LogP contribution in [0.3, 0.4) is 0 Å². The highest BCUT2D eigenvalue weighted by Crippen LogP contribution is 2.25. The van der Waals surface area contributed by atoms with E-state index in [9.17, 15) is 5.26 Å². The summed E-state index contributed by atoms with van der Waals surface area (Å²) >= 11 is 0. The highest BCUT2D eigenvalue weighted by molar-refractivity contribution is 5.67. The number of anilines is 2. The maximum absolute atomic E-state index is 9.17. The number of nitrogens with one attached hydrogen (secondary N) is 1.